The Morgan fingerprint density at radius 1 is 1.06 bits per heavy atom. The highest BCUT2D eigenvalue weighted by Gasteiger charge is 2.31. The lowest BCUT2D eigenvalue weighted by Crippen LogP contribution is -2.48. The van der Waals surface area contributed by atoms with Crippen LogP contribution >= 0.6 is 0 Å². The lowest BCUT2D eigenvalue weighted by molar-refractivity contribution is -0.137. The van der Waals surface area contributed by atoms with Crippen molar-refractivity contribution in [2.75, 3.05) is 37.6 Å². The third-order valence-electron chi connectivity index (χ3n) is 5.05. The number of nitrogens with zero attached hydrogens (tertiary/aromatic N) is 3. The van der Waals surface area contributed by atoms with Crippen molar-refractivity contribution >= 4 is 21.6 Å². The van der Waals surface area contributed by atoms with E-state index in [0.717, 1.165) is 12.1 Å². The minimum atomic E-state index is -4.42. The predicted octanol–water partition coefficient (Wildman–Crippen LogP) is 2.86. The molecule has 0 unspecified atom stereocenters. The monoisotopic (exact) mass is 466 g/mol. The summed E-state index contributed by atoms with van der Waals surface area (Å²) in [5.74, 6) is -0.282. The van der Waals surface area contributed by atoms with Crippen molar-refractivity contribution in [3.05, 3.63) is 59.7 Å². The Hall–Kier alpha value is -3.10. The zero-order valence-electron chi connectivity index (χ0n) is 17.0. The van der Waals surface area contributed by atoms with Crippen LogP contribution < -0.4 is 9.62 Å². The van der Waals surface area contributed by atoms with Gasteiger partial charge in [0.1, 0.15) is 0 Å². The summed E-state index contributed by atoms with van der Waals surface area (Å²) in [4.78, 5) is 16.1. The molecule has 32 heavy (non-hydrogen) atoms. The van der Waals surface area contributed by atoms with Crippen LogP contribution in [0.3, 0.4) is 0 Å². The number of sulfonamides is 1. The molecule has 0 bridgehead atoms. The number of alkyl halides is 3. The number of piperazine rings is 1. The van der Waals surface area contributed by atoms with Crippen LogP contribution in [0.5, 0.6) is 0 Å². The molecule has 7 nitrogen and oxygen atoms in total. The molecule has 1 heterocycles. The summed E-state index contributed by atoms with van der Waals surface area (Å²) >= 11 is 0. The van der Waals surface area contributed by atoms with Gasteiger partial charge >= 0.3 is 6.18 Å². The van der Waals surface area contributed by atoms with Crippen molar-refractivity contribution < 1.29 is 26.4 Å². The fourth-order valence-corrected chi connectivity index (χ4v) is 4.36. The number of hydrogen-bond acceptors (Lipinski definition) is 5. The van der Waals surface area contributed by atoms with Crippen molar-refractivity contribution in [2.24, 2.45) is 0 Å². The molecule has 0 saturated carbocycles. The molecule has 1 aliphatic rings. The van der Waals surface area contributed by atoms with Gasteiger partial charge in [-0.25, -0.2) is 13.1 Å². The molecule has 170 valence electrons. The van der Waals surface area contributed by atoms with Crippen molar-refractivity contribution in [1.29, 1.82) is 5.26 Å². The quantitative estimate of drug-likeness (QED) is 0.661. The maximum Gasteiger partial charge on any atom is 0.416 e. The van der Waals surface area contributed by atoms with E-state index in [1.165, 1.54) is 30.3 Å². The first kappa shape index (κ1) is 23.6. The van der Waals surface area contributed by atoms with Gasteiger partial charge in [-0.1, -0.05) is 6.07 Å². The first-order valence-corrected chi connectivity index (χ1v) is 11.3. The highest BCUT2D eigenvalue weighted by Crippen LogP contribution is 2.32. The topological polar surface area (TPSA) is 93.5 Å². The van der Waals surface area contributed by atoms with Gasteiger partial charge in [-0.05, 0) is 42.5 Å². The lowest BCUT2D eigenvalue weighted by atomic mass is 10.1. The molecule has 1 amide bonds. The Bertz CT molecular complexity index is 1100. The normalized spacial score (nSPS) is 14.8. The Kier molecular flexibility index (Phi) is 7.06. The van der Waals surface area contributed by atoms with Crippen molar-refractivity contribution in [1.82, 2.24) is 9.62 Å². The Morgan fingerprint density at radius 3 is 2.31 bits per heavy atom. The van der Waals surface area contributed by atoms with Crippen LogP contribution in [0.1, 0.15) is 22.3 Å². The molecule has 1 aliphatic heterocycles. The third-order valence-corrected chi connectivity index (χ3v) is 6.52. The molecule has 3 rings (SSSR count). The third kappa shape index (κ3) is 5.57. The number of anilines is 1. The second-order valence-corrected chi connectivity index (χ2v) is 8.92. The zero-order valence-corrected chi connectivity index (χ0v) is 17.8. The van der Waals surface area contributed by atoms with Gasteiger partial charge in [0.15, 0.2) is 0 Å². The van der Waals surface area contributed by atoms with Crippen LogP contribution in [0.25, 0.3) is 0 Å². The van der Waals surface area contributed by atoms with E-state index in [0.29, 0.717) is 37.4 Å². The first-order chi connectivity index (χ1) is 15.1. The number of carbonyl (C=O) groups is 1. The van der Waals surface area contributed by atoms with Crippen LogP contribution in [-0.2, 0) is 16.2 Å². The number of nitrogens with one attached hydrogen (secondary N) is 1. The van der Waals surface area contributed by atoms with Crippen LogP contribution in [0.4, 0.5) is 18.9 Å². The number of carbonyl (C=O) groups excluding carboxylic acids is 1. The first-order valence-electron chi connectivity index (χ1n) is 9.80. The van der Waals surface area contributed by atoms with Gasteiger partial charge in [-0.2, -0.15) is 18.4 Å². The van der Waals surface area contributed by atoms with Crippen LogP contribution in [-0.4, -0.2) is 51.9 Å². The molecular weight excluding hydrogens is 445 g/mol. The summed E-state index contributed by atoms with van der Waals surface area (Å²) in [5, 5.41) is 8.51. The second-order valence-electron chi connectivity index (χ2n) is 7.16. The fraction of sp³-hybridized carbons (Fsp3) is 0.333. The zero-order chi connectivity index (χ0) is 23.4. The Morgan fingerprint density at radius 2 is 1.72 bits per heavy atom. The van der Waals surface area contributed by atoms with Gasteiger partial charge in [0.25, 0.3) is 5.91 Å². The van der Waals surface area contributed by atoms with E-state index in [9.17, 15) is 26.4 Å². The van der Waals surface area contributed by atoms with E-state index in [4.69, 9.17) is 5.26 Å². The van der Waals surface area contributed by atoms with E-state index in [1.807, 2.05) is 6.07 Å². The molecule has 0 radical (unpaired) electrons. The molecule has 1 fully saturated rings. The summed E-state index contributed by atoms with van der Waals surface area (Å²) in [6, 6.07) is 12.4. The molecule has 11 heteroatoms. The van der Waals surface area contributed by atoms with Crippen molar-refractivity contribution in [2.45, 2.75) is 17.5 Å². The van der Waals surface area contributed by atoms with Crippen LogP contribution in [0.2, 0.25) is 0 Å². The minimum Gasteiger partial charge on any atom is -0.368 e. The van der Waals surface area contributed by atoms with Crippen molar-refractivity contribution in [3.63, 3.8) is 0 Å². The maximum absolute atomic E-state index is 12.9. The number of benzene rings is 2. The highest BCUT2D eigenvalue weighted by atomic mass is 32.2. The molecule has 0 aromatic heterocycles. The predicted molar refractivity (Wildman–Crippen MR) is 111 cm³/mol. The highest BCUT2D eigenvalue weighted by molar-refractivity contribution is 7.89. The number of amides is 1. The van der Waals surface area contributed by atoms with E-state index < -0.39 is 21.8 Å². The summed E-state index contributed by atoms with van der Waals surface area (Å²) in [6.07, 6.45) is -4.37. The maximum atomic E-state index is 12.9. The summed E-state index contributed by atoms with van der Waals surface area (Å²) in [7, 11) is -3.76. The van der Waals surface area contributed by atoms with Crippen LogP contribution in [0, 0.1) is 11.3 Å². The van der Waals surface area contributed by atoms with Gasteiger partial charge in [-0.15, -0.1) is 0 Å². The van der Waals surface area contributed by atoms with Crippen LogP contribution in [0.15, 0.2) is 53.4 Å². The van der Waals surface area contributed by atoms with E-state index in [2.05, 4.69) is 4.72 Å². The summed E-state index contributed by atoms with van der Waals surface area (Å²) in [6.45, 7) is 1.40. The Balaban J connectivity index is 1.62. The largest absolute Gasteiger partial charge is 0.416 e. The molecule has 2 aromatic carbocycles. The standard InChI is InChI=1S/C21H21F3N4O3S/c22-21(23,24)17-3-1-4-18(15-17)27-11-13-28(14-12-27)20(29)16-5-7-19(8-6-16)32(30,31)26-10-2-9-25/h1,3-8,15,26H,2,10-14H2. The summed E-state index contributed by atoms with van der Waals surface area (Å²) in [5.41, 5.74) is 0.0459. The van der Waals surface area contributed by atoms with Gasteiger partial charge < -0.3 is 9.80 Å². The van der Waals surface area contributed by atoms with Gasteiger partial charge in [-0.3, -0.25) is 4.79 Å². The van der Waals surface area contributed by atoms with E-state index in [1.54, 1.807) is 15.9 Å². The molecule has 1 saturated heterocycles. The smallest absolute Gasteiger partial charge is 0.368 e. The van der Waals surface area contributed by atoms with Gasteiger partial charge in [0, 0.05) is 50.4 Å². The molecule has 1 N–H and O–H groups in total. The summed E-state index contributed by atoms with van der Waals surface area (Å²) < 4.78 is 65.4. The van der Waals surface area contributed by atoms with Gasteiger partial charge in [0.05, 0.1) is 16.5 Å². The van der Waals surface area contributed by atoms with E-state index >= 15 is 0 Å². The Labute approximate surface area is 184 Å². The average molecular weight is 466 g/mol. The van der Waals surface area contributed by atoms with E-state index in [-0.39, 0.29) is 23.8 Å². The molecular formula is C21H21F3N4O3S. The van der Waals surface area contributed by atoms with Crippen molar-refractivity contribution in [3.8, 4) is 6.07 Å². The lowest BCUT2D eigenvalue weighted by Gasteiger charge is -2.36. The average Bonchev–Trinajstić information content (AvgIpc) is 2.78. The molecule has 0 atom stereocenters. The second kappa shape index (κ2) is 9.58. The SMILES string of the molecule is N#CCCNS(=O)(=O)c1ccc(C(=O)N2CCN(c3cccc(C(F)(F)F)c3)CC2)cc1. The number of halogens is 3. The molecule has 2 aromatic rings. The van der Waals surface area contributed by atoms with Gasteiger partial charge in [0.2, 0.25) is 10.0 Å². The fourth-order valence-electron chi connectivity index (χ4n) is 3.33. The molecule has 0 spiro atoms. The minimum absolute atomic E-state index is 0.00429. The number of hydrogen-bond donors (Lipinski definition) is 1. The molecule has 0 aliphatic carbocycles. The number of nitriles is 1. The number of rotatable bonds is 6.